The molecule has 0 aliphatic rings. The van der Waals surface area contributed by atoms with Crippen LogP contribution in [0.2, 0.25) is 0 Å². The zero-order chi connectivity index (χ0) is 12.8. The molecule has 5 heteroatoms. The molecule has 0 bridgehead atoms. The lowest BCUT2D eigenvalue weighted by atomic mass is 10.1. The molecule has 94 valence electrons. The predicted octanol–water partition coefficient (Wildman–Crippen LogP) is 2.57. The molecular weight excluding hydrogens is 243 g/mol. The van der Waals surface area contributed by atoms with Gasteiger partial charge in [-0.25, -0.2) is 9.18 Å². The Labute approximate surface area is 102 Å². The van der Waals surface area contributed by atoms with Gasteiger partial charge in [0.05, 0.1) is 11.3 Å². The second kappa shape index (κ2) is 6.49. The van der Waals surface area contributed by atoms with Crippen LogP contribution in [0.3, 0.4) is 0 Å². The number of carboxylic acids is 1. The first kappa shape index (κ1) is 13.8. The number of rotatable bonds is 6. The van der Waals surface area contributed by atoms with Crippen molar-refractivity contribution in [2.24, 2.45) is 0 Å². The van der Waals surface area contributed by atoms with Crippen LogP contribution in [-0.4, -0.2) is 21.0 Å². The van der Waals surface area contributed by atoms with Gasteiger partial charge in [0.15, 0.2) is 0 Å². The summed E-state index contributed by atoms with van der Waals surface area (Å²) in [5.74, 6) is -1.01. The van der Waals surface area contributed by atoms with Gasteiger partial charge < -0.3 is 5.11 Å². The molecule has 0 aliphatic heterocycles. The summed E-state index contributed by atoms with van der Waals surface area (Å²) in [4.78, 5) is 10.7. The van der Waals surface area contributed by atoms with Gasteiger partial charge in [0.2, 0.25) is 0 Å². The second-order valence-corrected chi connectivity index (χ2v) is 5.33. The summed E-state index contributed by atoms with van der Waals surface area (Å²) in [5.41, 5.74) is 0.230. The van der Waals surface area contributed by atoms with Gasteiger partial charge in [-0.05, 0) is 24.6 Å². The highest BCUT2D eigenvalue weighted by Gasteiger charge is 2.10. The van der Waals surface area contributed by atoms with Gasteiger partial charge in [-0.15, -0.1) is 0 Å². The Morgan fingerprint density at radius 2 is 2.18 bits per heavy atom. The normalized spacial score (nSPS) is 12.4. The summed E-state index contributed by atoms with van der Waals surface area (Å²) in [6, 6.07) is 3.56. The molecule has 1 rings (SSSR count). The summed E-state index contributed by atoms with van der Waals surface area (Å²) in [5, 5.41) is 8.78. The zero-order valence-corrected chi connectivity index (χ0v) is 10.4. The lowest BCUT2D eigenvalue weighted by Crippen LogP contribution is -2.05. The van der Waals surface area contributed by atoms with Crippen LogP contribution in [0.15, 0.2) is 18.2 Å². The van der Waals surface area contributed by atoms with Gasteiger partial charge >= 0.3 is 5.97 Å². The molecule has 0 amide bonds. The zero-order valence-electron chi connectivity index (χ0n) is 9.61. The monoisotopic (exact) mass is 258 g/mol. The van der Waals surface area contributed by atoms with E-state index in [1.54, 1.807) is 0 Å². The maximum atomic E-state index is 13.4. The lowest BCUT2D eigenvalue weighted by molar-refractivity contribution is 0.0696. The van der Waals surface area contributed by atoms with E-state index < -0.39 is 22.6 Å². The lowest BCUT2D eigenvalue weighted by Gasteiger charge is -2.04. The van der Waals surface area contributed by atoms with Crippen LogP contribution in [0.5, 0.6) is 0 Å². The number of halogens is 1. The predicted molar refractivity (Wildman–Crippen MR) is 65.0 cm³/mol. The highest BCUT2D eigenvalue weighted by Crippen LogP contribution is 2.13. The van der Waals surface area contributed by atoms with Crippen molar-refractivity contribution >= 4 is 16.8 Å². The van der Waals surface area contributed by atoms with Crippen LogP contribution < -0.4 is 0 Å². The molecule has 0 radical (unpaired) electrons. The second-order valence-electron chi connectivity index (χ2n) is 3.75. The van der Waals surface area contributed by atoms with E-state index in [4.69, 9.17) is 5.11 Å². The molecule has 1 N–H and O–H groups in total. The largest absolute Gasteiger partial charge is 0.478 e. The first-order valence-corrected chi connectivity index (χ1v) is 6.90. The van der Waals surface area contributed by atoms with Gasteiger partial charge in [0.1, 0.15) is 5.82 Å². The third-order valence-electron chi connectivity index (χ3n) is 2.33. The van der Waals surface area contributed by atoms with E-state index in [0.29, 0.717) is 5.75 Å². The molecule has 1 aromatic carbocycles. The van der Waals surface area contributed by atoms with Crippen LogP contribution in [0, 0.1) is 5.82 Å². The molecule has 1 unspecified atom stereocenters. The van der Waals surface area contributed by atoms with Crippen LogP contribution >= 0.6 is 0 Å². The molecule has 1 atom stereocenters. The number of carbonyl (C=O) groups is 1. The van der Waals surface area contributed by atoms with Gasteiger partial charge in [-0.2, -0.15) is 0 Å². The third-order valence-corrected chi connectivity index (χ3v) is 3.71. The summed E-state index contributed by atoms with van der Waals surface area (Å²) in [7, 11) is -1.14. The van der Waals surface area contributed by atoms with Crippen molar-refractivity contribution in [3.8, 4) is 0 Å². The van der Waals surface area contributed by atoms with E-state index >= 15 is 0 Å². The van der Waals surface area contributed by atoms with Crippen molar-refractivity contribution in [2.75, 3.05) is 5.75 Å². The Morgan fingerprint density at radius 1 is 1.47 bits per heavy atom. The molecule has 0 saturated carbocycles. The first-order valence-electron chi connectivity index (χ1n) is 5.41. The molecule has 0 saturated heterocycles. The van der Waals surface area contributed by atoms with E-state index in [1.165, 1.54) is 12.1 Å². The van der Waals surface area contributed by atoms with Gasteiger partial charge in [-0.1, -0.05) is 13.3 Å². The van der Waals surface area contributed by atoms with Crippen LogP contribution in [0.25, 0.3) is 0 Å². The van der Waals surface area contributed by atoms with Crippen molar-refractivity contribution in [3.63, 3.8) is 0 Å². The molecule has 17 heavy (non-hydrogen) atoms. The number of unbranched alkanes of at least 4 members (excludes halogenated alkanes) is 1. The Kier molecular flexibility index (Phi) is 5.28. The smallest absolute Gasteiger partial charge is 0.335 e. The number of hydrogen-bond donors (Lipinski definition) is 1. The van der Waals surface area contributed by atoms with Crippen molar-refractivity contribution in [1.29, 1.82) is 0 Å². The fourth-order valence-electron chi connectivity index (χ4n) is 1.37. The maximum absolute atomic E-state index is 13.4. The average Bonchev–Trinajstić information content (AvgIpc) is 2.29. The van der Waals surface area contributed by atoms with Crippen molar-refractivity contribution < 1.29 is 18.5 Å². The van der Waals surface area contributed by atoms with E-state index in [9.17, 15) is 13.4 Å². The van der Waals surface area contributed by atoms with E-state index in [1.807, 2.05) is 6.92 Å². The molecule has 1 aromatic rings. The Balaban J connectivity index is 2.79. The minimum Gasteiger partial charge on any atom is -0.478 e. The summed E-state index contributed by atoms with van der Waals surface area (Å²) in [6.07, 6.45) is 1.76. The number of hydrogen-bond acceptors (Lipinski definition) is 2. The Morgan fingerprint density at radius 3 is 2.76 bits per heavy atom. The molecule has 3 nitrogen and oxygen atoms in total. The standard InChI is InChI=1S/C12H15FO3S/c1-2-3-6-17(16)8-10-7-9(12(14)15)4-5-11(10)13/h4-5,7H,2-3,6,8H2,1H3,(H,14,15). The molecular formula is C12H15FO3S. The van der Waals surface area contributed by atoms with Crippen molar-refractivity contribution in [3.05, 3.63) is 35.1 Å². The third kappa shape index (κ3) is 4.26. The van der Waals surface area contributed by atoms with Crippen molar-refractivity contribution in [2.45, 2.75) is 25.5 Å². The fraction of sp³-hybridized carbons (Fsp3) is 0.417. The van der Waals surface area contributed by atoms with Gasteiger partial charge in [0, 0.05) is 22.1 Å². The highest BCUT2D eigenvalue weighted by atomic mass is 32.2. The van der Waals surface area contributed by atoms with Crippen LogP contribution in [-0.2, 0) is 16.6 Å². The van der Waals surface area contributed by atoms with E-state index in [2.05, 4.69) is 0 Å². The van der Waals surface area contributed by atoms with Gasteiger partial charge in [-0.3, -0.25) is 4.21 Å². The first-order chi connectivity index (χ1) is 8.04. The van der Waals surface area contributed by atoms with Crippen LogP contribution in [0.4, 0.5) is 4.39 Å². The minimum atomic E-state index is -1.14. The maximum Gasteiger partial charge on any atom is 0.335 e. The number of benzene rings is 1. The summed E-state index contributed by atoms with van der Waals surface area (Å²) >= 11 is 0. The molecule has 0 aromatic heterocycles. The number of aromatic carboxylic acids is 1. The highest BCUT2D eigenvalue weighted by molar-refractivity contribution is 7.84. The summed E-state index contributed by atoms with van der Waals surface area (Å²) in [6.45, 7) is 1.99. The molecule has 0 aliphatic carbocycles. The van der Waals surface area contributed by atoms with Gasteiger partial charge in [0.25, 0.3) is 0 Å². The average molecular weight is 258 g/mol. The topological polar surface area (TPSA) is 54.4 Å². The van der Waals surface area contributed by atoms with E-state index in [0.717, 1.165) is 18.9 Å². The molecule has 0 heterocycles. The van der Waals surface area contributed by atoms with Crippen molar-refractivity contribution in [1.82, 2.24) is 0 Å². The minimum absolute atomic E-state index is 0.0221. The fourth-order valence-corrected chi connectivity index (χ4v) is 2.69. The number of carboxylic acid groups (broad SMARTS) is 1. The molecule has 0 fully saturated rings. The summed E-state index contributed by atoms with van der Waals surface area (Å²) < 4.78 is 25.0. The SMILES string of the molecule is CCCCS(=O)Cc1cc(C(=O)O)ccc1F. The van der Waals surface area contributed by atoms with Crippen LogP contribution in [0.1, 0.15) is 35.7 Å². The molecule has 0 spiro atoms. The Bertz CT molecular complexity index is 432. The Hall–Kier alpha value is -1.23. The quantitative estimate of drug-likeness (QED) is 0.853. The van der Waals surface area contributed by atoms with E-state index in [-0.39, 0.29) is 16.9 Å².